The lowest BCUT2D eigenvalue weighted by Gasteiger charge is -2.41. The third kappa shape index (κ3) is 6.39. The summed E-state index contributed by atoms with van der Waals surface area (Å²) >= 11 is 11.8. The van der Waals surface area contributed by atoms with E-state index in [1.165, 1.54) is 31.9 Å². The number of halogens is 2. The Labute approximate surface area is 234 Å². The van der Waals surface area contributed by atoms with E-state index in [4.69, 9.17) is 23.2 Å². The molecule has 0 unspecified atom stereocenters. The summed E-state index contributed by atoms with van der Waals surface area (Å²) in [6.07, 6.45) is 14.7. The molecule has 38 heavy (non-hydrogen) atoms. The van der Waals surface area contributed by atoms with Crippen LogP contribution in [-0.2, 0) is 0 Å². The Morgan fingerprint density at radius 1 is 1.08 bits per heavy atom. The molecule has 3 heterocycles. The summed E-state index contributed by atoms with van der Waals surface area (Å²) in [5, 5.41) is 15.0. The second-order valence-electron chi connectivity index (χ2n) is 10.4. The van der Waals surface area contributed by atoms with Gasteiger partial charge >= 0.3 is 5.69 Å². The fraction of sp³-hybridized carbons (Fsp3) is 0.692. The predicted octanol–water partition coefficient (Wildman–Crippen LogP) is 6.67. The van der Waals surface area contributed by atoms with Crippen molar-refractivity contribution in [2.75, 3.05) is 21.7 Å². The molecule has 0 radical (unpaired) electrons. The van der Waals surface area contributed by atoms with Gasteiger partial charge in [0.1, 0.15) is 6.20 Å². The van der Waals surface area contributed by atoms with Gasteiger partial charge in [-0.15, -0.1) is 0 Å². The van der Waals surface area contributed by atoms with Gasteiger partial charge in [0.25, 0.3) is 0 Å². The average Bonchev–Trinajstić information content (AvgIpc) is 3.63. The minimum atomic E-state index is -0.435. The van der Waals surface area contributed by atoms with Crippen LogP contribution in [0.1, 0.15) is 85.0 Å². The Hall–Kier alpha value is -2.46. The van der Waals surface area contributed by atoms with Crippen LogP contribution in [-0.4, -0.2) is 55.6 Å². The summed E-state index contributed by atoms with van der Waals surface area (Å²) in [4.78, 5) is 31.8. The number of nitrogens with one attached hydrogen (secondary N) is 1. The summed E-state index contributed by atoms with van der Waals surface area (Å²) in [6, 6.07) is 1.63. The fourth-order valence-corrected chi connectivity index (χ4v) is 6.21. The molecule has 2 aromatic heterocycles. The van der Waals surface area contributed by atoms with Crippen LogP contribution in [0.2, 0.25) is 10.6 Å². The minimum Gasteiger partial charge on any atom is -0.379 e. The molecule has 0 bridgehead atoms. The van der Waals surface area contributed by atoms with Crippen molar-refractivity contribution in [1.29, 1.82) is 0 Å². The summed E-state index contributed by atoms with van der Waals surface area (Å²) in [5.74, 6) is 1.36. The van der Waals surface area contributed by atoms with Crippen LogP contribution in [0.25, 0.3) is 0 Å². The molecule has 2 saturated carbocycles. The number of anilines is 3. The summed E-state index contributed by atoms with van der Waals surface area (Å²) in [5.41, 5.74) is 0.956. The van der Waals surface area contributed by atoms with Crippen molar-refractivity contribution >= 4 is 46.2 Å². The quantitative estimate of drug-likeness (QED) is 0.223. The molecular weight excluding hydrogens is 527 g/mol. The highest BCUT2D eigenvalue weighted by molar-refractivity contribution is 6.28. The van der Waals surface area contributed by atoms with Gasteiger partial charge in [-0.1, -0.05) is 39.5 Å². The number of nitrogens with zero attached hydrogens (tertiary/aromatic N) is 7. The summed E-state index contributed by atoms with van der Waals surface area (Å²) in [7, 11) is 0. The Kier molecular flexibility index (Phi) is 9.81. The van der Waals surface area contributed by atoms with Gasteiger partial charge in [-0.2, -0.15) is 9.97 Å². The maximum absolute atomic E-state index is 11.2. The Balaban J connectivity index is 0.000000178. The van der Waals surface area contributed by atoms with E-state index in [0.29, 0.717) is 29.2 Å². The van der Waals surface area contributed by atoms with Crippen molar-refractivity contribution in [3.63, 3.8) is 0 Å². The van der Waals surface area contributed by atoms with Crippen molar-refractivity contribution in [1.82, 2.24) is 19.9 Å². The van der Waals surface area contributed by atoms with E-state index in [9.17, 15) is 10.1 Å². The monoisotopic (exact) mass is 564 g/mol. The van der Waals surface area contributed by atoms with E-state index >= 15 is 0 Å². The van der Waals surface area contributed by atoms with Crippen LogP contribution in [0.3, 0.4) is 0 Å². The molecule has 1 aliphatic heterocycles. The molecule has 0 aromatic carbocycles. The van der Waals surface area contributed by atoms with E-state index in [-0.39, 0.29) is 17.0 Å². The van der Waals surface area contributed by atoms with E-state index < -0.39 is 4.92 Å². The third-order valence-corrected chi connectivity index (χ3v) is 8.40. The van der Waals surface area contributed by atoms with E-state index in [0.717, 1.165) is 56.6 Å². The molecule has 2 fully saturated rings. The smallest absolute Gasteiger partial charge is 0.329 e. The van der Waals surface area contributed by atoms with Gasteiger partial charge in [0.05, 0.1) is 16.8 Å². The van der Waals surface area contributed by atoms with Crippen molar-refractivity contribution in [2.24, 2.45) is 0 Å². The fourth-order valence-electron chi connectivity index (χ4n) is 5.95. The SMILES string of the molecule is CC[C@@H]1CNc2cnc(Cl)nc2N1C1CCCC1.CC[C@H](C)N(c1nc(Cl)ncc1[N+](=O)[O-])C1CCCC1. The molecule has 2 atom stereocenters. The zero-order valence-corrected chi connectivity index (χ0v) is 24.0. The van der Waals surface area contributed by atoms with Crippen LogP contribution < -0.4 is 15.1 Å². The van der Waals surface area contributed by atoms with Crippen LogP contribution >= 0.6 is 23.2 Å². The second-order valence-corrected chi connectivity index (χ2v) is 11.0. The molecule has 208 valence electrons. The van der Waals surface area contributed by atoms with Gasteiger partial charge in [-0.3, -0.25) is 10.1 Å². The number of aromatic nitrogens is 4. The van der Waals surface area contributed by atoms with E-state index in [1.54, 1.807) is 6.20 Å². The molecule has 1 N–H and O–H groups in total. The second kappa shape index (κ2) is 13.1. The van der Waals surface area contributed by atoms with Gasteiger partial charge in [-0.05, 0) is 68.7 Å². The van der Waals surface area contributed by atoms with Crippen LogP contribution in [0.4, 0.5) is 23.0 Å². The molecule has 0 saturated heterocycles. The maximum atomic E-state index is 11.2. The molecule has 12 heteroatoms. The first-order chi connectivity index (χ1) is 18.3. The molecule has 10 nitrogen and oxygen atoms in total. The van der Waals surface area contributed by atoms with Gasteiger partial charge in [0.2, 0.25) is 16.4 Å². The highest BCUT2D eigenvalue weighted by Crippen LogP contribution is 2.37. The standard InChI is InChI=1S/C13H19ClN4O2.C13H19ClN4/c1-3-9(2)17(10-6-4-5-7-10)12-11(18(19)20)8-15-13(14)16-12;1-2-9-7-15-11-8-16-13(14)17-12(11)18(9)10-5-3-4-6-10/h8-10H,3-7H2,1-2H3;8-10,15H,2-7H2,1H3/t2*9-/m01/s1. The normalized spacial score (nSPS) is 20.3. The molecule has 2 aliphatic carbocycles. The first kappa shape index (κ1) is 28.5. The average molecular weight is 566 g/mol. The topological polar surface area (TPSA) is 113 Å². The van der Waals surface area contributed by atoms with Crippen LogP contribution in [0.15, 0.2) is 12.4 Å². The van der Waals surface area contributed by atoms with E-state index in [1.807, 2.05) is 0 Å². The van der Waals surface area contributed by atoms with E-state index in [2.05, 4.69) is 55.8 Å². The first-order valence-electron chi connectivity index (χ1n) is 13.8. The zero-order chi connectivity index (χ0) is 27.2. The third-order valence-electron chi connectivity index (χ3n) is 8.04. The molecule has 3 aliphatic rings. The van der Waals surface area contributed by atoms with Gasteiger partial charge in [0, 0.05) is 30.7 Å². The van der Waals surface area contributed by atoms with Crippen LogP contribution in [0, 0.1) is 10.1 Å². The van der Waals surface area contributed by atoms with Crippen molar-refractivity contribution in [3.8, 4) is 0 Å². The molecule has 0 amide bonds. The number of fused-ring (bicyclic) bond motifs is 1. The lowest BCUT2D eigenvalue weighted by molar-refractivity contribution is -0.384. The maximum Gasteiger partial charge on any atom is 0.329 e. The summed E-state index contributed by atoms with van der Waals surface area (Å²) in [6.45, 7) is 7.35. The number of hydrogen-bond acceptors (Lipinski definition) is 9. The first-order valence-corrected chi connectivity index (χ1v) is 14.6. The lowest BCUT2D eigenvalue weighted by atomic mass is 10.1. The zero-order valence-electron chi connectivity index (χ0n) is 22.4. The Morgan fingerprint density at radius 2 is 1.71 bits per heavy atom. The van der Waals surface area contributed by atoms with Crippen molar-refractivity contribution in [2.45, 2.75) is 109 Å². The highest BCUT2D eigenvalue weighted by atomic mass is 35.5. The summed E-state index contributed by atoms with van der Waals surface area (Å²) < 4.78 is 0. The number of hydrogen-bond donors (Lipinski definition) is 1. The largest absolute Gasteiger partial charge is 0.379 e. The molecule has 5 rings (SSSR count). The highest BCUT2D eigenvalue weighted by Gasteiger charge is 2.34. The predicted molar refractivity (Wildman–Crippen MR) is 153 cm³/mol. The number of nitro groups is 1. The van der Waals surface area contributed by atoms with Gasteiger partial charge in [-0.25, -0.2) is 9.97 Å². The van der Waals surface area contributed by atoms with Gasteiger partial charge in [0.15, 0.2) is 5.82 Å². The lowest BCUT2D eigenvalue weighted by Crippen LogP contribution is -2.49. The molecular formula is C26H38Cl2N8O2. The molecule has 0 spiro atoms. The Bertz CT molecular complexity index is 1090. The van der Waals surface area contributed by atoms with Crippen molar-refractivity contribution in [3.05, 3.63) is 33.1 Å². The number of rotatable bonds is 7. The molecule has 2 aromatic rings. The minimum absolute atomic E-state index is 0.0527. The Morgan fingerprint density at radius 3 is 2.34 bits per heavy atom. The van der Waals surface area contributed by atoms with Crippen LogP contribution in [0.5, 0.6) is 0 Å². The van der Waals surface area contributed by atoms with Crippen molar-refractivity contribution < 1.29 is 4.92 Å². The van der Waals surface area contributed by atoms with Gasteiger partial charge < -0.3 is 15.1 Å².